The second-order valence-electron chi connectivity index (χ2n) is 9.28. The third kappa shape index (κ3) is 7.43. The molecule has 1 aliphatic heterocycles. The maximum absolute atomic E-state index is 12.6. The molecule has 2 heterocycles. The van der Waals surface area contributed by atoms with Crippen molar-refractivity contribution in [3.8, 4) is 22.8 Å². The Morgan fingerprint density at radius 1 is 1.07 bits per heavy atom. The lowest BCUT2D eigenvalue weighted by Gasteiger charge is -2.30. The minimum atomic E-state index is -4.75. The van der Waals surface area contributed by atoms with Crippen LogP contribution < -0.4 is 9.64 Å². The Hall–Kier alpha value is -4.45. The van der Waals surface area contributed by atoms with E-state index < -0.39 is 12.4 Å². The monoisotopic (exact) mass is 592 g/mol. The van der Waals surface area contributed by atoms with Gasteiger partial charge in [0, 0.05) is 36.2 Å². The van der Waals surface area contributed by atoms with Gasteiger partial charge in [-0.3, -0.25) is 0 Å². The van der Waals surface area contributed by atoms with Crippen LogP contribution in [0.3, 0.4) is 0 Å². The third-order valence-corrected chi connectivity index (χ3v) is 7.47. The van der Waals surface area contributed by atoms with Crippen LogP contribution in [0.4, 0.5) is 23.7 Å². The van der Waals surface area contributed by atoms with E-state index in [1.807, 2.05) is 36.4 Å². The molecule has 1 aliphatic rings. The molecule has 8 nitrogen and oxygen atoms in total. The standard InChI is InChI=1S/C30H27F3N6O2S/c1-2-22-6-3-4-7-26(22)38-18-5-19-42-29(38)36-28(40)34-17-16-21-8-10-23(11-9-21)27-35-20-39(37-27)24-12-14-25(15-13-24)41-30(31,32)33/h3-4,6-15,17,20H,2,5,16,18-19H2,1H3. The normalized spacial score (nSPS) is 15.0. The maximum atomic E-state index is 12.6. The molecule has 0 unspecified atom stereocenters. The predicted molar refractivity (Wildman–Crippen MR) is 159 cm³/mol. The van der Waals surface area contributed by atoms with Crippen molar-refractivity contribution in [2.45, 2.75) is 32.5 Å². The quantitative estimate of drug-likeness (QED) is 0.212. The summed E-state index contributed by atoms with van der Waals surface area (Å²) in [5.41, 5.74) is 4.52. The van der Waals surface area contributed by atoms with Gasteiger partial charge in [0.25, 0.3) is 0 Å². The Kier molecular flexibility index (Phi) is 9.01. The SMILES string of the molecule is CCc1ccccc1N1CCCSC1=NC(=O)N=CCc1ccc(-c2ncn(-c3ccc(OC(F)(F)F)cc3)n2)cc1. The molecule has 3 aromatic carbocycles. The molecule has 0 aliphatic carbocycles. The lowest BCUT2D eigenvalue weighted by Crippen LogP contribution is -2.35. The number of halogens is 3. The summed E-state index contributed by atoms with van der Waals surface area (Å²) in [5.74, 6) is 1.05. The van der Waals surface area contributed by atoms with Crippen LogP contribution in [0, 0.1) is 0 Å². The highest BCUT2D eigenvalue weighted by molar-refractivity contribution is 8.14. The highest BCUT2D eigenvalue weighted by Crippen LogP contribution is 2.29. The van der Waals surface area contributed by atoms with Gasteiger partial charge in [-0.25, -0.2) is 19.5 Å². The topological polar surface area (TPSA) is 85.0 Å². The molecule has 4 aromatic rings. The van der Waals surface area contributed by atoms with Gasteiger partial charge in [-0.15, -0.1) is 18.3 Å². The van der Waals surface area contributed by atoms with Crippen molar-refractivity contribution in [1.29, 1.82) is 0 Å². The van der Waals surface area contributed by atoms with Gasteiger partial charge in [-0.2, -0.15) is 4.99 Å². The zero-order chi connectivity index (χ0) is 29.5. The number of rotatable bonds is 7. The first-order chi connectivity index (χ1) is 20.3. The number of hydrogen-bond acceptors (Lipinski definition) is 5. The first-order valence-electron chi connectivity index (χ1n) is 13.3. The molecule has 0 spiro atoms. The van der Waals surface area contributed by atoms with Crippen molar-refractivity contribution >= 4 is 34.9 Å². The minimum Gasteiger partial charge on any atom is -0.406 e. The van der Waals surface area contributed by atoms with E-state index in [2.05, 4.69) is 48.8 Å². The summed E-state index contributed by atoms with van der Waals surface area (Å²) in [6, 6.07) is 20.5. The van der Waals surface area contributed by atoms with Gasteiger partial charge in [-0.1, -0.05) is 61.2 Å². The van der Waals surface area contributed by atoms with Crippen LogP contribution in [0.1, 0.15) is 24.5 Å². The van der Waals surface area contributed by atoms with Crippen LogP contribution in [0.25, 0.3) is 17.1 Å². The zero-order valence-electron chi connectivity index (χ0n) is 22.7. The fourth-order valence-corrected chi connectivity index (χ4v) is 5.34. The molecule has 0 atom stereocenters. The summed E-state index contributed by atoms with van der Waals surface area (Å²) in [6.45, 7) is 2.92. The molecule has 1 fully saturated rings. The molecule has 2 amide bonds. The molecule has 42 heavy (non-hydrogen) atoms. The Balaban J connectivity index is 1.19. The molecule has 0 bridgehead atoms. The largest absolute Gasteiger partial charge is 0.573 e. The molecule has 1 aromatic heterocycles. The van der Waals surface area contributed by atoms with Crippen LogP contribution in [0.5, 0.6) is 5.75 Å². The summed E-state index contributed by atoms with van der Waals surface area (Å²) in [7, 11) is 0. The van der Waals surface area contributed by atoms with E-state index in [1.54, 1.807) is 18.0 Å². The maximum Gasteiger partial charge on any atom is 0.573 e. The number of urea groups is 1. The molecule has 12 heteroatoms. The van der Waals surface area contributed by atoms with Crippen molar-refractivity contribution < 1.29 is 22.7 Å². The number of carbonyl (C=O) groups is 1. The molecular weight excluding hydrogens is 565 g/mol. The first kappa shape index (κ1) is 29.1. The number of ether oxygens (including phenoxy) is 1. The first-order valence-corrected chi connectivity index (χ1v) is 14.3. The number of benzene rings is 3. The van der Waals surface area contributed by atoms with Crippen LogP contribution in [0.15, 0.2) is 89.1 Å². The Morgan fingerprint density at radius 3 is 2.57 bits per heavy atom. The number of nitrogens with zero attached hydrogens (tertiary/aromatic N) is 6. The van der Waals surface area contributed by atoms with Gasteiger partial charge in [0.15, 0.2) is 11.0 Å². The number of para-hydroxylation sites is 1. The van der Waals surface area contributed by atoms with Gasteiger partial charge in [0.2, 0.25) is 0 Å². The molecule has 0 saturated carbocycles. The molecule has 216 valence electrons. The summed E-state index contributed by atoms with van der Waals surface area (Å²) >= 11 is 1.57. The Bertz CT molecular complexity index is 1580. The number of amidine groups is 1. The van der Waals surface area contributed by atoms with Gasteiger partial charge in [0.1, 0.15) is 12.1 Å². The lowest BCUT2D eigenvalue weighted by molar-refractivity contribution is -0.274. The molecule has 5 rings (SSSR count). The number of aliphatic imine (C=N–C) groups is 2. The smallest absolute Gasteiger partial charge is 0.406 e. The minimum absolute atomic E-state index is 0.313. The highest BCUT2D eigenvalue weighted by Gasteiger charge is 2.31. The summed E-state index contributed by atoms with van der Waals surface area (Å²) in [5, 5.41) is 5.09. The van der Waals surface area contributed by atoms with Crippen LogP contribution in [-0.4, -0.2) is 50.8 Å². The molecule has 1 saturated heterocycles. The van der Waals surface area contributed by atoms with Crippen molar-refractivity contribution in [2.75, 3.05) is 17.2 Å². The number of hydrogen-bond donors (Lipinski definition) is 0. The molecular formula is C30H27F3N6O2S. The van der Waals surface area contributed by atoms with E-state index in [1.165, 1.54) is 40.8 Å². The van der Waals surface area contributed by atoms with Gasteiger partial charge in [0.05, 0.1) is 5.69 Å². The van der Waals surface area contributed by atoms with E-state index in [4.69, 9.17) is 0 Å². The lowest BCUT2D eigenvalue weighted by atomic mass is 10.1. The number of alkyl halides is 3. The van der Waals surface area contributed by atoms with E-state index in [0.29, 0.717) is 23.1 Å². The molecule has 0 N–H and O–H groups in total. The third-order valence-electron chi connectivity index (χ3n) is 6.41. The summed E-state index contributed by atoms with van der Waals surface area (Å²) < 4.78 is 42.5. The number of carbonyl (C=O) groups excluding carboxylic acids is 1. The number of thioether (sulfide) groups is 1. The summed E-state index contributed by atoms with van der Waals surface area (Å²) in [4.78, 5) is 27.3. The second kappa shape index (κ2) is 13.0. The predicted octanol–water partition coefficient (Wildman–Crippen LogP) is 7.13. The Morgan fingerprint density at radius 2 is 1.83 bits per heavy atom. The van der Waals surface area contributed by atoms with Crippen molar-refractivity contribution in [1.82, 2.24) is 14.8 Å². The highest BCUT2D eigenvalue weighted by atomic mass is 32.2. The average molecular weight is 593 g/mol. The number of aryl methyl sites for hydroxylation is 1. The van der Waals surface area contributed by atoms with Crippen molar-refractivity contribution in [3.63, 3.8) is 0 Å². The van der Waals surface area contributed by atoms with Crippen LogP contribution in [0.2, 0.25) is 0 Å². The number of aromatic nitrogens is 3. The summed E-state index contributed by atoms with van der Waals surface area (Å²) in [6.07, 6.45) is 0.639. The van der Waals surface area contributed by atoms with E-state index >= 15 is 0 Å². The molecule has 0 radical (unpaired) electrons. The van der Waals surface area contributed by atoms with Gasteiger partial charge < -0.3 is 9.64 Å². The number of amides is 2. The fourth-order valence-electron chi connectivity index (χ4n) is 4.40. The van der Waals surface area contributed by atoms with Crippen LogP contribution in [-0.2, 0) is 12.8 Å². The average Bonchev–Trinajstić information content (AvgIpc) is 3.48. The van der Waals surface area contributed by atoms with Crippen LogP contribution >= 0.6 is 11.8 Å². The van der Waals surface area contributed by atoms with Crippen molar-refractivity contribution in [3.05, 3.63) is 90.3 Å². The van der Waals surface area contributed by atoms with Gasteiger partial charge in [-0.05, 0) is 54.3 Å². The van der Waals surface area contributed by atoms with E-state index in [-0.39, 0.29) is 5.75 Å². The van der Waals surface area contributed by atoms with E-state index in [9.17, 15) is 18.0 Å². The van der Waals surface area contributed by atoms with Gasteiger partial charge >= 0.3 is 12.4 Å². The number of anilines is 1. The Labute approximate surface area is 245 Å². The fraction of sp³-hybridized carbons (Fsp3) is 0.233. The van der Waals surface area contributed by atoms with E-state index in [0.717, 1.165) is 42.0 Å². The van der Waals surface area contributed by atoms with Crippen molar-refractivity contribution in [2.24, 2.45) is 9.98 Å². The second-order valence-corrected chi connectivity index (χ2v) is 10.3. The zero-order valence-corrected chi connectivity index (χ0v) is 23.5.